The lowest BCUT2D eigenvalue weighted by Gasteiger charge is -2.10. The minimum Gasteiger partial charge on any atom is -0.506 e. The molecule has 6 heteroatoms. The van der Waals surface area contributed by atoms with Crippen LogP contribution in [0.3, 0.4) is 0 Å². The molecule has 0 aliphatic rings. The van der Waals surface area contributed by atoms with Gasteiger partial charge in [-0.15, -0.1) is 0 Å². The fourth-order valence-corrected chi connectivity index (χ4v) is 3.37. The van der Waals surface area contributed by atoms with Crippen LogP contribution in [0, 0.1) is 0 Å². The SMILES string of the molecule is CCCCNc1ccc(S(=O)(=O)c2ccc(N)cc2)c(O)c1. The molecule has 4 N–H and O–H groups in total. The fraction of sp³-hybridized carbons (Fsp3) is 0.250. The first-order valence-electron chi connectivity index (χ1n) is 7.12. The molecule has 0 radical (unpaired) electrons. The summed E-state index contributed by atoms with van der Waals surface area (Å²) in [6.45, 7) is 2.86. The van der Waals surface area contributed by atoms with Crippen LogP contribution in [0.5, 0.6) is 5.75 Å². The first kappa shape index (κ1) is 16.2. The van der Waals surface area contributed by atoms with Crippen molar-refractivity contribution in [2.75, 3.05) is 17.6 Å². The van der Waals surface area contributed by atoms with Crippen LogP contribution in [0.4, 0.5) is 11.4 Å². The molecule has 0 aliphatic heterocycles. The molecule has 2 aromatic rings. The van der Waals surface area contributed by atoms with Crippen LogP contribution in [0.2, 0.25) is 0 Å². The number of phenols is 1. The average molecular weight is 320 g/mol. The summed E-state index contributed by atoms with van der Waals surface area (Å²) >= 11 is 0. The predicted octanol–water partition coefficient (Wildman–Crippen LogP) is 3.02. The van der Waals surface area contributed by atoms with E-state index in [-0.39, 0.29) is 15.5 Å². The van der Waals surface area contributed by atoms with Crippen LogP contribution < -0.4 is 11.1 Å². The predicted molar refractivity (Wildman–Crippen MR) is 87.8 cm³/mol. The van der Waals surface area contributed by atoms with E-state index in [2.05, 4.69) is 12.2 Å². The third kappa shape index (κ3) is 3.51. The van der Waals surface area contributed by atoms with Crippen LogP contribution in [-0.4, -0.2) is 20.1 Å². The Morgan fingerprint density at radius 3 is 2.41 bits per heavy atom. The van der Waals surface area contributed by atoms with Gasteiger partial charge in [0.25, 0.3) is 0 Å². The van der Waals surface area contributed by atoms with Crippen molar-refractivity contribution in [2.45, 2.75) is 29.6 Å². The monoisotopic (exact) mass is 320 g/mol. The van der Waals surface area contributed by atoms with Gasteiger partial charge in [-0.1, -0.05) is 13.3 Å². The second kappa shape index (κ2) is 6.70. The van der Waals surface area contributed by atoms with Crippen LogP contribution in [0.15, 0.2) is 52.3 Å². The number of hydrogen-bond acceptors (Lipinski definition) is 5. The molecule has 0 bridgehead atoms. The van der Waals surface area contributed by atoms with E-state index in [9.17, 15) is 13.5 Å². The summed E-state index contributed by atoms with van der Waals surface area (Å²) in [4.78, 5) is -0.0120. The summed E-state index contributed by atoms with van der Waals surface area (Å²) in [6.07, 6.45) is 2.06. The molecule has 5 nitrogen and oxygen atoms in total. The highest BCUT2D eigenvalue weighted by Gasteiger charge is 2.21. The van der Waals surface area contributed by atoms with Crippen LogP contribution in [0.25, 0.3) is 0 Å². The van der Waals surface area contributed by atoms with E-state index >= 15 is 0 Å². The largest absolute Gasteiger partial charge is 0.506 e. The van der Waals surface area contributed by atoms with E-state index in [0.717, 1.165) is 19.4 Å². The molecule has 0 unspecified atom stereocenters. The zero-order valence-corrected chi connectivity index (χ0v) is 13.2. The van der Waals surface area contributed by atoms with Crippen molar-refractivity contribution in [3.8, 4) is 5.75 Å². The molecular formula is C16H20N2O3S. The number of unbranched alkanes of at least 4 members (excludes halogenated alkanes) is 1. The molecule has 2 rings (SSSR count). The second-order valence-corrected chi connectivity index (χ2v) is 6.95. The zero-order valence-electron chi connectivity index (χ0n) is 12.4. The summed E-state index contributed by atoms with van der Waals surface area (Å²) < 4.78 is 25.0. The molecule has 2 aromatic carbocycles. The minimum atomic E-state index is -3.76. The third-order valence-corrected chi connectivity index (χ3v) is 5.12. The normalized spacial score (nSPS) is 11.3. The molecule has 22 heavy (non-hydrogen) atoms. The van der Waals surface area contributed by atoms with E-state index < -0.39 is 9.84 Å². The van der Waals surface area contributed by atoms with E-state index in [1.165, 1.54) is 36.4 Å². The number of hydrogen-bond donors (Lipinski definition) is 3. The maximum atomic E-state index is 12.5. The van der Waals surface area contributed by atoms with Gasteiger partial charge < -0.3 is 16.2 Å². The van der Waals surface area contributed by atoms with E-state index in [1.807, 2.05) is 0 Å². The minimum absolute atomic E-state index is 0.101. The summed E-state index contributed by atoms with van der Waals surface area (Å²) in [6, 6.07) is 10.4. The van der Waals surface area contributed by atoms with Gasteiger partial charge in [0, 0.05) is 24.0 Å². The van der Waals surface area contributed by atoms with E-state index in [4.69, 9.17) is 5.73 Å². The fourth-order valence-electron chi connectivity index (χ4n) is 2.04. The van der Waals surface area contributed by atoms with Gasteiger partial charge in [-0.05, 0) is 42.8 Å². The number of rotatable bonds is 6. The molecule has 0 fully saturated rings. The Bertz CT molecular complexity index is 740. The summed E-state index contributed by atoms with van der Waals surface area (Å²) in [7, 11) is -3.76. The lowest BCUT2D eigenvalue weighted by Crippen LogP contribution is -2.04. The lowest BCUT2D eigenvalue weighted by atomic mass is 10.3. The topological polar surface area (TPSA) is 92.4 Å². The lowest BCUT2D eigenvalue weighted by molar-refractivity contribution is 0.459. The number of benzene rings is 2. The highest BCUT2D eigenvalue weighted by molar-refractivity contribution is 7.91. The molecule has 0 saturated carbocycles. The van der Waals surface area contributed by atoms with Gasteiger partial charge in [0.15, 0.2) is 0 Å². The average Bonchev–Trinajstić information content (AvgIpc) is 2.48. The maximum Gasteiger partial charge on any atom is 0.210 e. The highest BCUT2D eigenvalue weighted by Crippen LogP contribution is 2.31. The quantitative estimate of drug-likeness (QED) is 0.562. The molecule has 0 aromatic heterocycles. The van der Waals surface area contributed by atoms with Gasteiger partial charge in [0.1, 0.15) is 10.6 Å². The van der Waals surface area contributed by atoms with Crippen molar-refractivity contribution in [1.29, 1.82) is 0 Å². The molecule has 0 saturated heterocycles. The first-order chi connectivity index (χ1) is 10.4. The van der Waals surface area contributed by atoms with E-state index in [0.29, 0.717) is 11.4 Å². The third-order valence-electron chi connectivity index (χ3n) is 3.30. The van der Waals surface area contributed by atoms with Crippen molar-refractivity contribution < 1.29 is 13.5 Å². The Labute approximate surface area is 130 Å². The number of sulfone groups is 1. The number of anilines is 2. The van der Waals surface area contributed by atoms with Crippen LogP contribution in [0.1, 0.15) is 19.8 Å². The molecular weight excluding hydrogens is 300 g/mol. The maximum absolute atomic E-state index is 12.5. The van der Waals surface area contributed by atoms with Gasteiger partial charge in [-0.3, -0.25) is 0 Å². The van der Waals surface area contributed by atoms with Gasteiger partial charge >= 0.3 is 0 Å². The molecule has 0 spiro atoms. The van der Waals surface area contributed by atoms with Gasteiger partial charge in [0.2, 0.25) is 9.84 Å². The Morgan fingerprint density at radius 2 is 1.82 bits per heavy atom. The Morgan fingerprint density at radius 1 is 1.14 bits per heavy atom. The highest BCUT2D eigenvalue weighted by atomic mass is 32.2. The van der Waals surface area contributed by atoms with Crippen LogP contribution >= 0.6 is 0 Å². The van der Waals surface area contributed by atoms with Crippen molar-refractivity contribution in [1.82, 2.24) is 0 Å². The number of nitrogen functional groups attached to an aromatic ring is 1. The molecule has 0 aliphatic carbocycles. The molecule has 0 atom stereocenters. The smallest absolute Gasteiger partial charge is 0.210 e. The zero-order chi connectivity index (χ0) is 16.2. The van der Waals surface area contributed by atoms with Crippen molar-refractivity contribution in [3.05, 3.63) is 42.5 Å². The Hall–Kier alpha value is -2.21. The standard InChI is InChI=1S/C16H20N2O3S/c1-2-3-10-18-13-6-9-16(15(19)11-13)22(20,21)14-7-4-12(17)5-8-14/h4-9,11,18-19H,2-3,10,17H2,1H3. The van der Waals surface area contributed by atoms with Gasteiger partial charge in [-0.2, -0.15) is 0 Å². The van der Waals surface area contributed by atoms with Gasteiger partial charge in [0.05, 0.1) is 4.90 Å². The Kier molecular flexibility index (Phi) is 4.92. The molecule has 0 amide bonds. The van der Waals surface area contributed by atoms with E-state index in [1.54, 1.807) is 6.07 Å². The van der Waals surface area contributed by atoms with Crippen molar-refractivity contribution in [3.63, 3.8) is 0 Å². The van der Waals surface area contributed by atoms with Crippen molar-refractivity contribution in [2.24, 2.45) is 0 Å². The number of nitrogens with one attached hydrogen (secondary N) is 1. The Balaban J connectivity index is 2.30. The first-order valence-corrected chi connectivity index (χ1v) is 8.61. The van der Waals surface area contributed by atoms with Gasteiger partial charge in [-0.25, -0.2) is 8.42 Å². The molecule has 118 valence electrons. The number of aromatic hydroxyl groups is 1. The summed E-state index contributed by atoms with van der Waals surface area (Å²) in [5.74, 6) is -0.265. The second-order valence-electron chi connectivity index (χ2n) is 5.04. The van der Waals surface area contributed by atoms with Crippen LogP contribution in [-0.2, 0) is 9.84 Å². The van der Waals surface area contributed by atoms with Crippen molar-refractivity contribution >= 4 is 21.2 Å². The summed E-state index contributed by atoms with van der Waals surface area (Å²) in [5, 5.41) is 13.2. The molecule has 0 heterocycles. The summed E-state index contributed by atoms with van der Waals surface area (Å²) in [5.41, 5.74) is 6.75. The number of nitrogens with two attached hydrogens (primary N) is 1. The number of phenolic OH excluding ortho intramolecular Hbond substituents is 1.